The minimum Gasteiger partial charge on any atom is -0.0862 e. The van der Waals surface area contributed by atoms with Gasteiger partial charge in [0.25, 0.3) is 0 Å². The van der Waals surface area contributed by atoms with Gasteiger partial charge in [-0.05, 0) is 20.3 Å². The van der Waals surface area contributed by atoms with Gasteiger partial charge in [-0.25, -0.2) is 0 Å². The largest absolute Gasteiger partial charge is 0.0862 e. The maximum Gasteiger partial charge on any atom is 0.0530 e. The van der Waals surface area contributed by atoms with Gasteiger partial charge in [-0.3, -0.25) is 0 Å². The molecular weight excluding hydrogens is 172 g/mol. The molecule has 0 atom stereocenters. The van der Waals surface area contributed by atoms with Gasteiger partial charge < -0.3 is 0 Å². The standard InChI is InChI=1S/C12H26Si/c1-6-13(7-2,8-3)11-9-10-12(4)5/h10H,6-9,11H2,1-5H3. The maximum absolute atomic E-state index is 2.41. The molecule has 0 amide bonds. The van der Waals surface area contributed by atoms with Crippen LogP contribution in [0.1, 0.15) is 41.0 Å². The van der Waals surface area contributed by atoms with Crippen molar-refractivity contribution in [1.29, 1.82) is 0 Å². The number of rotatable bonds is 6. The van der Waals surface area contributed by atoms with Crippen molar-refractivity contribution in [2.24, 2.45) is 0 Å². The third kappa shape index (κ3) is 4.66. The molecule has 0 rings (SSSR count). The topological polar surface area (TPSA) is 0 Å². The summed E-state index contributed by atoms with van der Waals surface area (Å²) in [6.45, 7) is 11.6. The third-order valence-electron chi connectivity index (χ3n) is 3.48. The molecule has 0 heterocycles. The van der Waals surface area contributed by atoms with Crippen LogP contribution in [-0.4, -0.2) is 8.07 Å². The van der Waals surface area contributed by atoms with Gasteiger partial charge in [0.1, 0.15) is 0 Å². The first kappa shape index (κ1) is 13.0. The lowest BCUT2D eigenvalue weighted by molar-refractivity contribution is 1.04. The quantitative estimate of drug-likeness (QED) is 0.423. The third-order valence-corrected chi connectivity index (χ3v) is 9.33. The van der Waals surface area contributed by atoms with E-state index in [1.54, 1.807) is 0 Å². The molecule has 1 heteroatoms. The van der Waals surface area contributed by atoms with Crippen LogP contribution in [0.3, 0.4) is 0 Å². The summed E-state index contributed by atoms with van der Waals surface area (Å²) in [5.41, 5.74) is 1.48. The lowest BCUT2D eigenvalue weighted by atomic mass is 10.3. The second-order valence-electron chi connectivity index (χ2n) is 4.38. The lowest BCUT2D eigenvalue weighted by Crippen LogP contribution is -2.30. The van der Waals surface area contributed by atoms with Gasteiger partial charge in [0, 0.05) is 0 Å². The molecule has 0 saturated heterocycles. The first-order chi connectivity index (χ1) is 6.10. The SMILES string of the molecule is CC[Si](CC)(CC)CCC=C(C)C. The van der Waals surface area contributed by atoms with Gasteiger partial charge in [0.2, 0.25) is 0 Å². The normalized spacial score (nSPS) is 11.5. The van der Waals surface area contributed by atoms with E-state index < -0.39 is 8.07 Å². The Balaban J connectivity index is 4.03. The summed E-state index contributed by atoms with van der Waals surface area (Å²) in [7, 11) is -0.829. The summed E-state index contributed by atoms with van der Waals surface area (Å²) in [4.78, 5) is 0. The second-order valence-corrected chi connectivity index (χ2v) is 10.0. The molecule has 13 heavy (non-hydrogen) atoms. The van der Waals surface area contributed by atoms with Crippen LogP contribution in [0.5, 0.6) is 0 Å². The molecular formula is C12H26Si. The van der Waals surface area contributed by atoms with E-state index in [1.165, 1.54) is 36.2 Å². The Morgan fingerprint density at radius 3 is 1.77 bits per heavy atom. The number of hydrogen-bond acceptors (Lipinski definition) is 0. The van der Waals surface area contributed by atoms with Gasteiger partial charge in [-0.2, -0.15) is 0 Å². The highest BCUT2D eigenvalue weighted by molar-refractivity contribution is 6.79. The lowest BCUT2D eigenvalue weighted by Gasteiger charge is -2.27. The predicted molar refractivity (Wildman–Crippen MR) is 66.1 cm³/mol. The van der Waals surface area contributed by atoms with Gasteiger partial charge >= 0.3 is 0 Å². The molecule has 78 valence electrons. The molecule has 0 radical (unpaired) electrons. The minimum absolute atomic E-state index is 0.829. The van der Waals surface area contributed by atoms with Crippen molar-refractivity contribution < 1.29 is 0 Å². The van der Waals surface area contributed by atoms with Crippen molar-refractivity contribution in [2.75, 3.05) is 0 Å². The Morgan fingerprint density at radius 1 is 1.00 bits per heavy atom. The van der Waals surface area contributed by atoms with Gasteiger partial charge in [0.15, 0.2) is 0 Å². The van der Waals surface area contributed by atoms with Crippen molar-refractivity contribution in [1.82, 2.24) is 0 Å². The summed E-state index contributed by atoms with van der Waals surface area (Å²) in [6.07, 6.45) is 3.73. The van der Waals surface area contributed by atoms with Crippen LogP contribution in [0.2, 0.25) is 24.2 Å². The average Bonchev–Trinajstić information content (AvgIpc) is 2.13. The summed E-state index contributed by atoms with van der Waals surface area (Å²) >= 11 is 0. The van der Waals surface area contributed by atoms with E-state index in [1.807, 2.05) is 0 Å². The van der Waals surface area contributed by atoms with Crippen LogP contribution in [0, 0.1) is 0 Å². The molecule has 0 aliphatic rings. The van der Waals surface area contributed by atoms with E-state index in [9.17, 15) is 0 Å². The number of allylic oxidation sites excluding steroid dienone is 2. The summed E-state index contributed by atoms with van der Waals surface area (Å²) < 4.78 is 0. The molecule has 0 aromatic rings. The van der Waals surface area contributed by atoms with E-state index in [2.05, 4.69) is 40.7 Å². The molecule has 0 spiro atoms. The molecule has 0 aromatic carbocycles. The van der Waals surface area contributed by atoms with Crippen molar-refractivity contribution in [2.45, 2.75) is 65.2 Å². The molecule has 0 nitrogen and oxygen atoms in total. The highest BCUT2D eigenvalue weighted by Gasteiger charge is 2.24. The van der Waals surface area contributed by atoms with Crippen molar-refractivity contribution in [3.63, 3.8) is 0 Å². The Kier molecular flexibility index (Phi) is 6.40. The fraction of sp³-hybridized carbons (Fsp3) is 0.833. The summed E-state index contributed by atoms with van der Waals surface area (Å²) in [5.74, 6) is 0. The summed E-state index contributed by atoms with van der Waals surface area (Å²) in [5, 5.41) is 0. The van der Waals surface area contributed by atoms with E-state index in [-0.39, 0.29) is 0 Å². The van der Waals surface area contributed by atoms with E-state index in [0.29, 0.717) is 0 Å². The van der Waals surface area contributed by atoms with E-state index >= 15 is 0 Å². The average molecular weight is 198 g/mol. The van der Waals surface area contributed by atoms with Gasteiger partial charge in [0.05, 0.1) is 8.07 Å². The van der Waals surface area contributed by atoms with Crippen LogP contribution in [-0.2, 0) is 0 Å². The fourth-order valence-electron chi connectivity index (χ4n) is 1.95. The maximum atomic E-state index is 2.41. The number of hydrogen-bond donors (Lipinski definition) is 0. The molecule has 0 aliphatic carbocycles. The Morgan fingerprint density at radius 2 is 1.46 bits per heavy atom. The molecule has 0 bridgehead atoms. The Hall–Kier alpha value is -0.0431. The Bertz CT molecular complexity index is 142. The minimum atomic E-state index is -0.829. The summed E-state index contributed by atoms with van der Waals surface area (Å²) in [6, 6.07) is 5.91. The van der Waals surface area contributed by atoms with Crippen molar-refractivity contribution in [3.8, 4) is 0 Å². The first-order valence-electron chi connectivity index (χ1n) is 5.73. The van der Waals surface area contributed by atoms with Crippen LogP contribution < -0.4 is 0 Å². The first-order valence-corrected chi connectivity index (χ1v) is 8.56. The van der Waals surface area contributed by atoms with Gasteiger partial charge in [-0.15, -0.1) is 0 Å². The van der Waals surface area contributed by atoms with E-state index in [4.69, 9.17) is 0 Å². The van der Waals surface area contributed by atoms with Crippen LogP contribution in [0.15, 0.2) is 11.6 Å². The van der Waals surface area contributed by atoms with Crippen LogP contribution in [0.25, 0.3) is 0 Å². The highest BCUT2D eigenvalue weighted by Crippen LogP contribution is 2.26. The van der Waals surface area contributed by atoms with Crippen molar-refractivity contribution in [3.05, 3.63) is 11.6 Å². The second kappa shape index (κ2) is 6.42. The molecule has 0 unspecified atom stereocenters. The van der Waals surface area contributed by atoms with Crippen LogP contribution in [0.4, 0.5) is 0 Å². The zero-order valence-electron chi connectivity index (χ0n) is 10.1. The fourth-order valence-corrected chi connectivity index (χ4v) is 5.26. The molecule has 0 aliphatic heterocycles. The molecule has 0 saturated carbocycles. The van der Waals surface area contributed by atoms with Crippen molar-refractivity contribution >= 4 is 8.07 Å². The Labute approximate surface area is 85.4 Å². The highest BCUT2D eigenvalue weighted by atomic mass is 28.3. The zero-order valence-corrected chi connectivity index (χ0v) is 11.1. The van der Waals surface area contributed by atoms with E-state index in [0.717, 1.165) is 0 Å². The molecule has 0 N–H and O–H groups in total. The molecule has 0 fully saturated rings. The predicted octanol–water partition coefficient (Wildman–Crippen LogP) is 4.85. The van der Waals surface area contributed by atoms with Gasteiger partial charge in [-0.1, -0.05) is 56.6 Å². The molecule has 0 aromatic heterocycles. The zero-order chi connectivity index (χ0) is 10.3. The van der Waals surface area contributed by atoms with Crippen LogP contribution >= 0.6 is 0 Å². The monoisotopic (exact) mass is 198 g/mol. The smallest absolute Gasteiger partial charge is 0.0530 e.